The van der Waals surface area contributed by atoms with Crippen LogP contribution in [0.25, 0.3) is 0 Å². The van der Waals surface area contributed by atoms with E-state index in [0.717, 1.165) is 12.8 Å². The second-order valence-electron chi connectivity index (χ2n) is 3.79. The third-order valence-electron chi connectivity index (χ3n) is 2.48. The first kappa shape index (κ1) is 11.9. The van der Waals surface area contributed by atoms with Crippen molar-refractivity contribution in [3.8, 4) is 0 Å². The lowest BCUT2D eigenvalue weighted by atomic mass is 10.0. The van der Waals surface area contributed by atoms with E-state index in [4.69, 9.17) is 9.47 Å². The fourth-order valence-electron chi connectivity index (χ4n) is 1.49. The molecule has 4 nitrogen and oxygen atoms in total. The van der Waals surface area contributed by atoms with E-state index in [1.165, 1.54) is 0 Å². The summed E-state index contributed by atoms with van der Waals surface area (Å²) >= 11 is 0. The number of aliphatic hydroxyl groups excluding tert-OH is 2. The molecule has 1 aliphatic heterocycles. The molecule has 1 fully saturated rings. The van der Waals surface area contributed by atoms with E-state index in [1.54, 1.807) is 6.92 Å². The molecule has 0 amide bonds. The predicted molar refractivity (Wildman–Crippen MR) is 51.8 cm³/mol. The van der Waals surface area contributed by atoms with Crippen LogP contribution in [0.4, 0.5) is 0 Å². The van der Waals surface area contributed by atoms with Gasteiger partial charge in [-0.05, 0) is 13.3 Å². The molecular weight excluding hydrogens is 184 g/mol. The van der Waals surface area contributed by atoms with Crippen molar-refractivity contribution in [2.24, 2.45) is 0 Å². The third kappa shape index (κ3) is 3.20. The number of aliphatic hydroxyl groups is 2. The van der Waals surface area contributed by atoms with E-state index >= 15 is 0 Å². The normalized spacial score (nSPS) is 38.6. The molecule has 0 aromatic heterocycles. The van der Waals surface area contributed by atoms with Gasteiger partial charge in [0.1, 0.15) is 6.10 Å². The van der Waals surface area contributed by atoms with Crippen LogP contribution < -0.4 is 0 Å². The molecule has 4 heteroatoms. The Morgan fingerprint density at radius 1 is 1.43 bits per heavy atom. The number of ether oxygens (including phenoxy) is 2. The Balaban J connectivity index is 2.27. The van der Waals surface area contributed by atoms with Gasteiger partial charge in [-0.25, -0.2) is 0 Å². The van der Waals surface area contributed by atoms with Crippen LogP contribution in [0.1, 0.15) is 33.1 Å². The van der Waals surface area contributed by atoms with Crippen LogP contribution in [0.2, 0.25) is 0 Å². The van der Waals surface area contributed by atoms with Crippen molar-refractivity contribution < 1.29 is 19.7 Å². The van der Waals surface area contributed by atoms with Gasteiger partial charge >= 0.3 is 0 Å². The highest BCUT2D eigenvalue weighted by Crippen LogP contribution is 2.20. The lowest BCUT2D eigenvalue weighted by molar-refractivity contribution is -0.245. The monoisotopic (exact) mass is 204 g/mol. The van der Waals surface area contributed by atoms with Gasteiger partial charge in [-0.15, -0.1) is 0 Å². The van der Waals surface area contributed by atoms with Gasteiger partial charge in [0.05, 0.1) is 12.2 Å². The van der Waals surface area contributed by atoms with Crippen LogP contribution in [-0.2, 0) is 9.47 Å². The zero-order valence-corrected chi connectivity index (χ0v) is 8.85. The molecule has 1 heterocycles. The van der Waals surface area contributed by atoms with Gasteiger partial charge < -0.3 is 19.7 Å². The smallest absolute Gasteiger partial charge is 0.160 e. The van der Waals surface area contributed by atoms with Gasteiger partial charge in [0.15, 0.2) is 6.29 Å². The summed E-state index contributed by atoms with van der Waals surface area (Å²) in [7, 11) is 0. The van der Waals surface area contributed by atoms with Crippen molar-refractivity contribution in [3.63, 3.8) is 0 Å². The minimum Gasteiger partial charge on any atom is -0.390 e. The molecule has 1 saturated heterocycles. The van der Waals surface area contributed by atoms with E-state index in [-0.39, 0.29) is 12.4 Å². The molecule has 14 heavy (non-hydrogen) atoms. The van der Waals surface area contributed by atoms with Crippen molar-refractivity contribution >= 4 is 0 Å². The summed E-state index contributed by atoms with van der Waals surface area (Å²) in [4.78, 5) is 0. The highest BCUT2D eigenvalue weighted by Gasteiger charge is 2.34. The van der Waals surface area contributed by atoms with E-state index < -0.39 is 12.2 Å². The highest BCUT2D eigenvalue weighted by molar-refractivity contribution is 4.79. The summed E-state index contributed by atoms with van der Waals surface area (Å²) in [5, 5.41) is 18.9. The second kappa shape index (κ2) is 5.66. The van der Waals surface area contributed by atoms with Crippen LogP contribution in [0.3, 0.4) is 0 Å². The Morgan fingerprint density at radius 2 is 2.14 bits per heavy atom. The van der Waals surface area contributed by atoms with Gasteiger partial charge in [0.2, 0.25) is 0 Å². The average Bonchev–Trinajstić information content (AvgIpc) is 2.14. The SMILES string of the molecule is CCCCO[C@@H]1C[C@H](O)[C@@H](O)[C@H](C)O1. The maximum absolute atomic E-state index is 9.47. The summed E-state index contributed by atoms with van der Waals surface area (Å²) in [6.45, 7) is 4.48. The first-order valence-electron chi connectivity index (χ1n) is 5.28. The van der Waals surface area contributed by atoms with Gasteiger partial charge in [-0.2, -0.15) is 0 Å². The molecule has 1 rings (SSSR count). The van der Waals surface area contributed by atoms with Crippen LogP contribution in [0.15, 0.2) is 0 Å². The Hall–Kier alpha value is -0.160. The van der Waals surface area contributed by atoms with Crippen molar-refractivity contribution in [1.82, 2.24) is 0 Å². The van der Waals surface area contributed by atoms with Crippen molar-refractivity contribution in [3.05, 3.63) is 0 Å². The molecule has 4 atom stereocenters. The fourth-order valence-corrected chi connectivity index (χ4v) is 1.49. The van der Waals surface area contributed by atoms with Crippen LogP contribution in [0.5, 0.6) is 0 Å². The summed E-state index contributed by atoms with van der Waals surface area (Å²) in [6.07, 6.45) is 0.182. The van der Waals surface area contributed by atoms with Gasteiger partial charge in [0.25, 0.3) is 0 Å². The first-order chi connectivity index (χ1) is 6.65. The first-order valence-corrected chi connectivity index (χ1v) is 5.28. The zero-order valence-electron chi connectivity index (χ0n) is 8.85. The van der Waals surface area contributed by atoms with Crippen molar-refractivity contribution in [1.29, 1.82) is 0 Å². The fraction of sp³-hybridized carbons (Fsp3) is 1.00. The van der Waals surface area contributed by atoms with E-state index in [1.807, 2.05) is 0 Å². The third-order valence-corrected chi connectivity index (χ3v) is 2.48. The maximum Gasteiger partial charge on any atom is 0.160 e. The molecule has 0 saturated carbocycles. The summed E-state index contributed by atoms with van der Waals surface area (Å²) in [5.41, 5.74) is 0. The molecule has 0 aromatic rings. The highest BCUT2D eigenvalue weighted by atomic mass is 16.7. The standard InChI is InChI=1S/C10H20O4/c1-3-4-5-13-9-6-8(11)10(12)7(2)14-9/h7-12H,3-6H2,1-2H3/t7-,8-,9-,10-/m0/s1. The maximum atomic E-state index is 9.47. The number of hydrogen-bond acceptors (Lipinski definition) is 4. The Morgan fingerprint density at radius 3 is 2.71 bits per heavy atom. The summed E-state index contributed by atoms with van der Waals surface area (Å²) in [6, 6.07) is 0. The molecule has 2 N–H and O–H groups in total. The molecule has 0 aromatic carbocycles. The van der Waals surface area contributed by atoms with Crippen molar-refractivity contribution in [2.75, 3.05) is 6.61 Å². The van der Waals surface area contributed by atoms with Crippen molar-refractivity contribution in [2.45, 2.75) is 57.7 Å². The predicted octanol–water partition coefficient (Wildman–Crippen LogP) is 0.660. The van der Waals surface area contributed by atoms with E-state index in [9.17, 15) is 10.2 Å². The Bertz CT molecular complexity index is 150. The Kier molecular flexibility index (Phi) is 4.81. The second-order valence-corrected chi connectivity index (χ2v) is 3.79. The topological polar surface area (TPSA) is 58.9 Å². The molecule has 84 valence electrons. The van der Waals surface area contributed by atoms with Gasteiger partial charge in [-0.1, -0.05) is 13.3 Å². The minimum atomic E-state index is -0.791. The molecular formula is C10H20O4. The van der Waals surface area contributed by atoms with Crippen LogP contribution in [-0.4, -0.2) is 41.4 Å². The summed E-state index contributed by atoms with van der Waals surface area (Å²) < 4.78 is 10.8. The number of rotatable bonds is 4. The number of hydrogen-bond donors (Lipinski definition) is 2. The molecule has 1 aliphatic rings. The van der Waals surface area contributed by atoms with Crippen LogP contribution >= 0.6 is 0 Å². The molecule has 0 bridgehead atoms. The Labute approximate surface area is 84.8 Å². The zero-order chi connectivity index (χ0) is 10.6. The number of unbranched alkanes of at least 4 members (excludes halogenated alkanes) is 1. The minimum absolute atomic E-state index is 0.356. The van der Waals surface area contributed by atoms with Gasteiger partial charge in [-0.3, -0.25) is 0 Å². The quantitative estimate of drug-likeness (QED) is 0.660. The molecule has 0 unspecified atom stereocenters. The molecule has 0 radical (unpaired) electrons. The van der Waals surface area contributed by atoms with Gasteiger partial charge in [0, 0.05) is 13.0 Å². The van der Waals surface area contributed by atoms with E-state index in [0.29, 0.717) is 13.0 Å². The lowest BCUT2D eigenvalue weighted by Gasteiger charge is -2.35. The molecule has 0 aliphatic carbocycles. The van der Waals surface area contributed by atoms with E-state index in [2.05, 4.69) is 6.92 Å². The van der Waals surface area contributed by atoms with Crippen LogP contribution in [0, 0.1) is 0 Å². The molecule has 0 spiro atoms. The average molecular weight is 204 g/mol. The largest absolute Gasteiger partial charge is 0.390 e. The lowest BCUT2D eigenvalue weighted by Crippen LogP contribution is -2.47. The summed E-state index contributed by atoms with van der Waals surface area (Å²) in [5.74, 6) is 0.